The summed E-state index contributed by atoms with van der Waals surface area (Å²) in [5.41, 5.74) is 2.65. The highest BCUT2D eigenvalue weighted by molar-refractivity contribution is 6.13. The summed E-state index contributed by atoms with van der Waals surface area (Å²) < 4.78 is 1.93. The predicted molar refractivity (Wildman–Crippen MR) is 72.7 cm³/mol. The van der Waals surface area contributed by atoms with Crippen molar-refractivity contribution in [2.24, 2.45) is 0 Å². The van der Waals surface area contributed by atoms with Crippen molar-refractivity contribution >= 4 is 23.3 Å². The third-order valence-electron chi connectivity index (χ3n) is 4.01. The van der Waals surface area contributed by atoms with Gasteiger partial charge in [-0.1, -0.05) is 0 Å². The van der Waals surface area contributed by atoms with Crippen LogP contribution in [0, 0.1) is 0 Å². The van der Waals surface area contributed by atoms with E-state index in [4.69, 9.17) is 0 Å². The number of amides is 3. The second-order valence-corrected chi connectivity index (χ2v) is 5.41. The molecule has 6 nitrogen and oxygen atoms in total. The average Bonchev–Trinajstić information content (AvgIpc) is 3.14. The van der Waals surface area contributed by atoms with E-state index >= 15 is 0 Å². The van der Waals surface area contributed by atoms with Crippen LogP contribution in [-0.4, -0.2) is 39.8 Å². The van der Waals surface area contributed by atoms with Crippen LogP contribution >= 0.6 is 0 Å². The Morgan fingerprint density at radius 1 is 1.30 bits per heavy atom. The number of pyridine rings is 1. The van der Waals surface area contributed by atoms with Gasteiger partial charge in [-0.3, -0.25) is 14.6 Å². The van der Waals surface area contributed by atoms with E-state index in [2.05, 4.69) is 11.2 Å². The molecule has 1 aliphatic heterocycles. The zero-order valence-electron chi connectivity index (χ0n) is 11.1. The minimum absolute atomic E-state index is 0.0893. The van der Waals surface area contributed by atoms with Gasteiger partial charge < -0.3 is 4.40 Å². The molecule has 2 fully saturated rings. The molecule has 4 rings (SSSR count). The first kappa shape index (κ1) is 11.5. The largest absolute Gasteiger partial charge is 0.331 e. The molecular weight excluding hydrogens is 256 g/mol. The fourth-order valence-corrected chi connectivity index (χ4v) is 2.66. The molecule has 2 aromatic rings. The Morgan fingerprint density at radius 3 is 2.75 bits per heavy atom. The van der Waals surface area contributed by atoms with Crippen molar-refractivity contribution in [1.82, 2.24) is 14.3 Å². The summed E-state index contributed by atoms with van der Waals surface area (Å²) >= 11 is 0. The number of likely N-dealkylation sites (N-methyl/N-ethyl adjacent to an activating group) is 1. The summed E-state index contributed by atoms with van der Waals surface area (Å²) in [6, 6.07) is 1.72. The minimum atomic E-state index is -0.284. The molecule has 0 spiro atoms. The van der Waals surface area contributed by atoms with Crippen LogP contribution in [0.1, 0.15) is 24.3 Å². The molecule has 0 N–H and O–H groups in total. The molecule has 20 heavy (non-hydrogen) atoms. The minimum Gasteiger partial charge on any atom is -0.305 e. The molecular formula is C14H14N4O2. The van der Waals surface area contributed by atoms with Crippen LogP contribution in [-0.2, 0) is 4.79 Å². The van der Waals surface area contributed by atoms with Crippen LogP contribution in [0.15, 0.2) is 24.7 Å². The average molecular weight is 270 g/mol. The quantitative estimate of drug-likeness (QED) is 0.779. The predicted octanol–water partition coefficient (Wildman–Crippen LogP) is 1.61. The normalized spacial score (nSPS) is 19.4. The summed E-state index contributed by atoms with van der Waals surface area (Å²) in [7, 11) is 1.51. The number of hydrogen-bond donors (Lipinski definition) is 0. The highest BCUT2D eigenvalue weighted by Crippen LogP contribution is 2.42. The Hall–Kier alpha value is -2.37. The lowest BCUT2D eigenvalue weighted by Crippen LogP contribution is -2.30. The molecule has 6 heteroatoms. The Labute approximate surface area is 115 Å². The van der Waals surface area contributed by atoms with Gasteiger partial charge >= 0.3 is 6.03 Å². The van der Waals surface area contributed by atoms with Crippen molar-refractivity contribution < 1.29 is 9.59 Å². The lowest BCUT2D eigenvalue weighted by Gasteiger charge is -2.17. The third kappa shape index (κ3) is 1.54. The van der Waals surface area contributed by atoms with Gasteiger partial charge in [-0.05, 0) is 30.4 Å². The zero-order valence-corrected chi connectivity index (χ0v) is 11.1. The number of nitrogens with zero attached hydrogens (tertiary/aromatic N) is 4. The van der Waals surface area contributed by atoms with Crippen molar-refractivity contribution in [3.8, 4) is 0 Å². The molecule has 0 radical (unpaired) electrons. The summed E-state index contributed by atoms with van der Waals surface area (Å²) in [4.78, 5) is 30.9. The first-order valence-corrected chi connectivity index (χ1v) is 6.70. The van der Waals surface area contributed by atoms with Gasteiger partial charge in [-0.25, -0.2) is 9.78 Å². The third-order valence-corrected chi connectivity index (χ3v) is 4.01. The SMILES string of the molecule is CN1C(=O)CN(c2cc(C3CC3)cn3ccnc23)C1=O. The maximum Gasteiger partial charge on any atom is 0.331 e. The topological polar surface area (TPSA) is 57.9 Å². The second kappa shape index (κ2) is 3.82. The van der Waals surface area contributed by atoms with Gasteiger partial charge in [-0.2, -0.15) is 0 Å². The molecule has 0 atom stereocenters. The molecule has 102 valence electrons. The number of carbonyl (C=O) groups excluding carboxylic acids is 2. The number of urea groups is 1. The number of imide groups is 1. The Morgan fingerprint density at radius 2 is 2.10 bits per heavy atom. The van der Waals surface area contributed by atoms with Crippen LogP contribution in [0.25, 0.3) is 5.65 Å². The maximum absolute atomic E-state index is 12.2. The van der Waals surface area contributed by atoms with Gasteiger partial charge in [-0.15, -0.1) is 0 Å². The maximum atomic E-state index is 12.2. The highest BCUT2D eigenvalue weighted by Gasteiger charge is 2.36. The van der Waals surface area contributed by atoms with E-state index in [9.17, 15) is 9.59 Å². The van der Waals surface area contributed by atoms with E-state index in [0.29, 0.717) is 11.6 Å². The number of fused-ring (bicyclic) bond motifs is 1. The molecule has 0 unspecified atom stereocenters. The van der Waals surface area contributed by atoms with E-state index in [1.54, 1.807) is 6.20 Å². The Bertz CT molecular complexity index is 732. The van der Waals surface area contributed by atoms with Gasteiger partial charge in [0.15, 0.2) is 5.65 Å². The van der Waals surface area contributed by atoms with Gasteiger partial charge in [0, 0.05) is 25.6 Å². The molecule has 1 saturated carbocycles. The van der Waals surface area contributed by atoms with E-state index in [-0.39, 0.29) is 18.5 Å². The molecule has 3 amide bonds. The van der Waals surface area contributed by atoms with Crippen LogP contribution in [0.2, 0.25) is 0 Å². The van der Waals surface area contributed by atoms with Crippen molar-refractivity contribution in [3.63, 3.8) is 0 Å². The van der Waals surface area contributed by atoms with Crippen LogP contribution in [0.4, 0.5) is 10.5 Å². The summed E-state index contributed by atoms with van der Waals surface area (Å²) in [5.74, 6) is 0.392. The van der Waals surface area contributed by atoms with Gasteiger partial charge in [0.05, 0.1) is 5.69 Å². The monoisotopic (exact) mass is 270 g/mol. The van der Waals surface area contributed by atoms with Gasteiger partial charge in [0.2, 0.25) is 5.91 Å². The lowest BCUT2D eigenvalue weighted by molar-refractivity contribution is -0.123. The molecule has 3 heterocycles. The van der Waals surface area contributed by atoms with Crippen molar-refractivity contribution in [2.45, 2.75) is 18.8 Å². The van der Waals surface area contributed by atoms with Crippen molar-refractivity contribution in [2.75, 3.05) is 18.5 Å². The smallest absolute Gasteiger partial charge is 0.305 e. The standard InChI is InChI=1S/C14H14N4O2/c1-16-12(19)8-18(14(16)20)11-6-10(9-2-3-9)7-17-5-4-15-13(11)17/h4-7,9H,2-3,8H2,1H3. The van der Waals surface area contributed by atoms with E-state index in [1.807, 2.05) is 16.7 Å². The number of rotatable bonds is 2. The Balaban J connectivity index is 1.88. The molecule has 1 aliphatic carbocycles. The number of carbonyl (C=O) groups is 2. The number of imidazole rings is 1. The van der Waals surface area contributed by atoms with E-state index < -0.39 is 0 Å². The van der Waals surface area contributed by atoms with Gasteiger partial charge in [0.1, 0.15) is 6.54 Å². The molecule has 2 aromatic heterocycles. The first-order chi connectivity index (χ1) is 9.65. The fourth-order valence-electron chi connectivity index (χ4n) is 2.66. The second-order valence-electron chi connectivity index (χ2n) is 5.41. The molecule has 0 aromatic carbocycles. The van der Waals surface area contributed by atoms with Crippen molar-refractivity contribution in [3.05, 3.63) is 30.2 Å². The lowest BCUT2D eigenvalue weighted by atomic mass is 10.1. The summed E-state index contributed by atoms with van der Waals surface area (Å²) in [6.07, 6.45) is 8.02. The van der Waals surface area contributed by atoms with Crippen LogP contribution in [0.5, 0.6) is 0 Å². The number of hydrogen-bond acceptors (Lipinski definition) is 3. The summed E-state index contributed by atoms with van der Waals surface area (Å²) in [5, 5.41) is 0. The molecule has 0 bridgehead atoms. The highest BCUT2D eigenvalue weighted by atomic mass is 16.2. The summed E-state index contributed by atoms with van der Waals surface area (Å²) in [6.45, 7) is 0.0893. The molecule has 1 saturated heterocycles. The number of anilines is 1. The van der Waals surface area contributed by atoms with E-state index in [0.717, 1.165) is 10.6 Å². The number of aromatic nitrogens is 2. The van der Waals surface area contributed by atoms with Crippen LogP contribution in [0.3, 0.4) is 0 Å². The van der Waals surface area contributed by atoms with Gasteiger partial charge in [0.25, 0.3) is 0 Å². The zero-order chi connectivity index (χ0) is 13.9. The first-order valence-electron chi connectivity index (χ1n) is 6.70. The fraction of sp³-hybridized carbons (Fsp3) is 0.357. The van der Waals surface area contributed by atoms with Crippen LogP contribution < -0.4 is 4.90 Å². The van der Waals surface area contributed by atoms with E-state index in [1.165, 1.54) is 30.4 Å². The Kier molecular flexibility index (Phi) is 2.19. The molecule has 2 aliphatic rings. The van der Waals surface area contributed by atoms with Crippen molar-refractivity contribution in [1.29, 1.82) is 0 Å².